The highest BCUT2D eigenvalue weighted by molar-refractivity contribution is 5.74. The van der Waals surface area contributed by atoms with E-state index in [1.54, 1.807) is 19.5 Å². The first kappa shape index (κ1) is 21.7. The van der Waals surface area contributed by atoms with Gasteiger partial charge in [-0.05, 0) is 48.2 Å². The maximum atomic E-state index is 11.4. The van der Waals surface area contributed by atoms with E-state index in [1.807, 2.05) is 53.4 Å². The molecule has 1 saturated heterocycles. The summed E-state index contributed by atoms with van der Waals surface area (Å²) in [6.07, 6.45) is 3.96. The second kappa shape index (κ2) is 9.76. The summed E-state index contributed by atoms with van der Waals surface area (Å²) in [5.74, 6) is 0.342. The molecule has 2 atom stereocenters. The Kier molecular flexibility index (Phi) is 6.63. The highest BCUT2D eigenvalue weighted by Crippen LogP contribution is 2.23. The fraction of sp³-hybridized carbons (Fsp3) is 0.292. The number of rotatable bonds is 8. The van der Waals surface area contributed by atoms with Crippen molar-refractivity contribution in [3.63, 3.8) is 0 Å². The van der Waals surface area contributed by atoms with Crippen LogP contribution in [0.15, 0.2) is 60.9 Å². The Hall–Kier alpha value is -3.49. The molecule has 0 bridgehead atoms. The number of hydrogen-bond acceptors (Lipinski definition) is 7. The molecule has 4 rings (SSSR count). The Labute approximate surface area is 186 Å². The van der Waals surface area contributed by atoms with E-state index in [9.17, 15) is 15.0 Å². The van der Waals surface area contributed by atoms with Crippen molar-refractivity contribution in [3.05, 3.63) is 66.5 Å². The number of carbonyl (C=O) groups is 1. The van der Waals surface area contributed by atoms with Crippen LogP contribution in [0.2, 0.25) is 0 Å². The molecule has 2 heterocycles. The maximum absolute atomic E-state index is 11.4. The average Bonchev–Trinajstić information content (AvgIpc) is 3.20. The monoisotopic (exact) mass is 434 g/mol. The zero-order valence-corrected chi connectivity index (χ0v) is 17.8. The van der Waals surface area contributed by atoms with Crippen molar-refractivity contribution in [1.82, 2.24) is 14.9 Å². The lowest BCUT2D eigenvalue weighted by Gasteiger charge is -2.22. The zero-order valence-electron chi connectivity index (χ0n) is 17.8. The zero-order chi connectivity index (χ0) is 22.5. The van der Waals surface area contributed by atoms with Gasteiger partial charge in [-0.1, -0.05) is 24.3 Å². The predicted molar refractivity (Wildman–Crippen MR) is 121 cm³/mol. The molecule has 0 aliphatic carbocycles. The molecule has 0 unspecified atom stereocenters. The highest BCUT2D eigenvalue weighted by atomic mass is 16.5. The molecule has 0 radical (unpaired) electrons. The molecule has 2 aromatic carbocycles. The Bertz CT molecular complexity index is 1040. The van der Waals surface area contributed by atoms with Crippen molar-refractivity contribution in [2.24, 2.45) is 0 Å². The van der Waals surface area contributed by atoms with Gasteiger partial charge in [0.15, 0.2) is 0 Å². The number of benzene rings is 2. The summed E-state index contributed by atoms with van der Waals surface area (Å²) in [5, 5.41) is 22.4. The molecule has 166 valence electrons. The van der Waals surface area contributed by atoms with Crippen molar-refractivity contribution in [1.29, 1.82) is 0 Å². The number of anilines is 2. The van der Waals surface area contributed by atoms with Crippen molar-refractivity contribution >= 4 is 17.6 Å². The van der Waals surface area contributed by atoms with Gasteiger partial charge in [-0.3, -0.25) is 9.69 Å². The van der Waals surface area contributed by atoms with E-state index in [1.165, 1.54) is 0 Å². The predicted octanol–water partition coefficient (Wildman–Crippen LogP) is 2.96. The number of aliphatic carboxylic acids is 1. The van der Waals surface area contributed by atoms with Crippen molar-refractivity contribution < 1.29 is 19.7 Å². The molecule has 1 fully saturated rings. The van der Waals surface area contributed by atoms with Crippen molar-refractivity contribution in [2.45, 2.75) is 25.0 Å². The topological polar surface area (TPSA) is 108 Å². The molecule has 8 nitrogen and oxygen atoms in total. The molecule has 0 amide bonds. The van der Waals surface area contributed by atoms with E-state index in [2.05, 4.69) is 15.3 Å². The number of hydrogen-bond donors (Lipinski definition) is 3. The lowest BCUT2D eigenvalue weighted by atomic mass is 10.1. The van der Waals surface area contributed by atoms with Gasteiger partial charge in [0.25, 0.3) is 0 Å². The van der Waals surface area contributed by atoms with E-state index in [0.29, 0.717) is 31.9 Å². The second-order valence-electron chi connectivity index (χ2n) is 7.77. The standard InChI is InChI=1S/C24H26N4O4/c1-32-20-8-4-17(5-9-20)18-14-25-24(26-15-18)27-19-6-2-16(3-7-19)10-12-28-13-11-21(29)22(28)23(30)31/h2-9,14-15,21-22,29H,10-13H2,1H3,(H,30,31)(H,25,26,27)/t21-,22+/m0/s1. The fourth-order valence-corrected chi connectivity index (χ4v) is 3.89. The molecule has 32 heavy (non-hydrogen) atoms. The number of aromatic nitrogens is 2. The molecular weight excluding hydrogens is 408 g/mol. The largest absolute Gasteiger partial charge is 0.497 e. The third kappa shape index (κ3) is 5.04. The number of carboxylic acids is 1. The van der Waals surface area contributed by atoms with E-state index in [0.717, 1.165) is 28.1 Å². The summed E-state index contributed by atoms with van der Waals surface area (Å²) in [6.45, 7) is 1.19. The summed E-state index contributed by atoms with van der Waals surface area (Å²) in [5.41, 5.74) is 3.89. The number of nitrogens with one attached hydrogen (secondary N) is 1. The Morgan fingerprint density at radius 3 is 2.41 bits per heavy atom. The molecule has 0 saturated carbocycles. The van der Waals surface area contributed by atoms with Crippen LogP contribution in [0.5, 0.6) is 5.75 Å². The first-order chi connectivity index (χ1) is 15.5. The molecule has 3 aromatic rings. The smallest absolute Gasteiger partial charge is 0.323 e. The third-order valence-corrected chi connectivity index (χ3v) is 5.70. The van der Waals surface area contributed by atoms with Crippen molar-refractivity contribution in [3.8, 4) is 16.9 Å². The van der Waals surface area contributed by atoms with Gasteiger partial charge in [-0.15, -0.1) is 0 Å². The van der Waals surface area contributed by atoms with E-state index in [4.69, 9.17) is 4.74 Å². The first-order valence-electron chi connectivity index (χ1n) is 10.5. The number of aliphatic hydroxyl groups excluding tert-OH is 1. The minimum absolute atomic E-state index is 0.497. The number of methoxy groups -OCH3 is 1. The second-order valence-corrected chi connectivity index (χ2v) is 7.77. The minimum Gasteiger partial charge on any atom is -0.497 e. The first-order valence-corrected chi connectivity index (χ1v) is 10.5. The third-order valence-electron chi connectivity index (χ3n) is 5.70. The summed E-state index contributed by atoms with van der Waals surface area (Å²) in [4.78, 5) is 22.0. The number of carboxylic acid groups (broad SMARTS) is 1. The van der Waals surface area contributed by atoms with Gasteiger partial charge < -0.3 is 20.3 Å². The molecule has 8 heteroatoms. The fourth-order valence-electron chi connectivity index (χ4n) is 3.89. The molecule has 1 aliphatic heterocycles. The lowest BCUT2D eigenvalue weighted by Crippen LogP contribution is -2.42. The van der Waals surface area contributed by atoms with Crippen LogP contribution in [0.1, 0.15) is 12.0 Å². The van der Waals surface area contributed by atoms with E-state index < -0.39 is 18.1 Å². The maximum Gasteiger partial charge on any atom is 0.323 e. The summed E-state index contributed by atoms with van der Waals surface area (Å²) in [6, 6.07) is 14.8. The molecule has 3 N–H and O–H groups in total. The van der Waals surface area contributed by atoms with Gasteiger partial charge in [-0.2, -0.15) is 0 Å². The Morgan fingerprint density at radius 2 is 1.78 bits per heavy atom. The SMILES string of the molecule is COc1ccc(-c2cnc(Nc3ccc(CCN4CC[C@H](O)[C@@H]4C(=O)O)cc3)nc2)cc1. The van der Waals surface area contributed by atoms with Crippen LogP contribution < -0.4 is 10.1 Å². The highest BCUT2D eigenvalue weighted by Gasteiger charge is 2.37. The Morgan fingerprint density at radius 1 is 1.09 bits per heavy atom. The quantitative estimate of drug-likeness (QED) is 0.497. The molecular formula is C24H26N4O4. The lowest BCUT2D eigenvalue weighted by molar-refractivity contribution is -0.144. The summed E-state index contributed by atoms with van der Waals surface area (Å²) in [7, 11) is 1.64. The number of nitrogens with zero attached hydrogens (tertiary/aromatic N) is 3. The number of ether oxygens (including phenoxy) is 1. The number of aliphatic hydroxyl groups is 1. The van der Waals surface area contributed by atoms with Gasteiger partial charge in [0, 0.05) is 36.7 Å². The van der Waals surface area contributed by atoms with Crippen LogP contribution in [0, 0.1) is 0 Å². The van der Waals surface area contributed by atoms with Gasteiger partial charge >= 0.3 is 5.97 Å². The van der Waals surface area contributed by atoms with E-state index in [-0.39, 0.29) is 0 Å². The van der Waals surface area contributed by atoms with Gasteiger partial charge in [-0.25, -0.2) is 9.97 Å². The minimum atomic E-state index is -0.965. The van der Waals surface area contributed by atoms with Gasteiger partial charge in [0.05, 0.1) is 13.2 Å². The molecule has 0 spiro atoms. The van der Waals surface area contributed by atoms with Crippen LogP contribution in [-0.4, -0.2) is 63.4 Å². The summed E-state index contributed by atoms with van der Waals surface area (Å²) >= 11 is 0. The van der Waals surface area contributed by atoms with Crippen LogP contribution in [0.25, 0.3) is 11.1 Å². The molecule has 1 aromatic heterocycles. The van der Waals surface area contributed by atoms with Crippen LogP contribution in [-0.2, 0) is 11.2 Å². The van der Waals surface area contributed by atoms with Crippen LogP contribution >= 0.6 is 0 Å². The van der Waals surface area contributed by atoms with E-state index >= 15 is 0 Å². The van der Waals surface area contributed by atoms with Crippen molar-refractivity contribution in [2.75, 3.05) is 25.5 Å². The number of likely N-dealkylation sites (tertiary alicyclic amines) is 1. The average molecular weight is 434 g/mol. The Balaban J connectivity index is 1.33. The van der Waals surface area contributed by atoms with Gasteiger partial charge in [0.2, 0.25) is 5.95 Å². The normalized spacial score (nSPS) is 18.4. The molecule has 1 aliphatic rings. The van der Waals surface area contributed by atoms with Gasteiger partial charge in [0.1, 0.15) is 11.8 Å². The summed E-state index contributed by atoms with van der Waals surface area (Å²) < 4.78 is 5.18. The van der Waals surface area contributed by atoms with Crippen LogP contribution in [0.4, 0.5) is 11.6 Å². The van der Waals surface area contributed by atoms with Crippen LogP contribution in [0.3, 0.4) is 0 Å².